The van der Waals surface area contributed by atoms with E-state index in [-0.39, 0.29) is 12.0 Å². The van der Waals surface area contributed by atoms with Gasteiger partial charge in [0, 0.05) is 0 Å². The highest BCUT2D eigenvalue weighted by atomic mass is 32.2. The van der Waals surface area contributed by atoms with Crippen LogP contribution in [0.5, 0.6) is 12.0 Å². The number of rotatable bonds is 5. The van der Waals surface area contributed by atoms with Crippen LogP contribution < -0.4 is 9.47 Å². The van der Waals surface area contributed by atoms with E-state index >= 15 is 0 Å². The maximum absolute atomic E-state index is 5.00. The van der Waals surface area contributed by atoms with Crippen LogP contribution in [0.15, 0.2) is 27.8 Å². The number of aromatic nitrogens is 6. The Hall–Kier alpha value is -2.20. The standard InChI is InChI=1S/C11H10N6O2S2/c1-18-8-13-9(19-2)15-10(14-8)21-11-12-7(16-17-11)6-4-3-5-20-6/h3-5H,1-2H3,(H,12,16,17). The van der Waals surface area contributed by atoms with Crippen LogP contribution in [0.3, 0.4) is 0 Å². The summed E-state index contributed by atoms with van der Waals surface area (Å²) in [5.41, 5.74) is 0. The molecule has 0 radical (unpaired) electrons. The molecule has 0 amide bonds. The lowest BCUT2D eigenvalue weighted by molar-refractivity contribution is 0.332. The molecule has 0 saturated carbocycles. The summed E-state index contributed by atoms with van der Waals surface area (Å²) in [6, 6.07) is 4.28. The normalized spacial score (nSPS) is 10.6. The Morgan fingerprint density at radius 1 is 1.05 bits per heavy atom. The molecule has 3 aromatic rings. The van der Waals surface area contributed by atoms with E-state index in [1.54, 1.807) is 11.3 Å². The third-order valence-electron chi connectivity index (χ3n) is 2.34. The fraction of sp³-hybridized carbons (Fsp3) is 0.182. The number of nitrogens with zero attached hydrogens (tertiary/aromatic N) is 5. The average molecular weight is 322 g/mol. The summed E-state index contributed by atoms with van der Waals surface area (Å²) < 4.78 is 9.99. The molecule has 108 valence electrons. The van der Waals surface area contributed by atoms with Gasteiger partial charge in [-0.3, -0.25) is 5.10 Å². The Morgan fingerprint density at radius 2 is 1.81 bits per heavy atom. The van der Waals surface area contributed by atoms with Gasteiger partial charge in [-0.05, 0) is 23.2 Å². The first-order chi connectivity index (χ1) is 10.3. The molecular formula is C11H10N6O2S2. The molecule has 0 saturated heterocycles. The van der Waals surface area contributed by atoms with Crippen molar-refractivity contribution < 1.29 is 9.47 Å². The number of thiophene rings is 1. The molecule has 10 heteroatoms. The van der Waals surface area contributed by atoms with Crippen molar-refractivity contribution in [2.45, 2.75) is 10.3 Å². The third kappa shape index (κ3) is 3.11. The maximum atomic E-state index is 5.00. The molecule has 0 spiro atoms. The van der Waals surface area contributed by atoms with Crippen molar-refractivity contribution >= 4 is 23.1 Å². The molecule has 3 rings (SSSR count). The van der Waals surface area contributed by atoms with E-state index in [2.05, 4.69) is 30.1 Å². The highest BCUT2D eigenvalue weighted by Gasteiger charge is 2.13. The first-order valence-electron chi connectivity index (χ1n) is 5.76. The van der Waals surface area contributed by atoms with Crippen LogP contribution in [0.25, 0.3) is 10.7 Å². The molecule has 0 aliphatic heterocycles. The second kappa shape index (κ2) is 6.06. The number of nitrogens with one attached hydrogen (secondary N) is 1. The fourth-order valence-corrected chi connectivity index (χ4v) is 2.75. The highest BCUT2D eigenvalue weighted by molar-refractivity contribution is 7.99. The largest absolute Gasteiger partial charge is 0.467 e. The van der Waals surface area contributed by atoms with E-state index in [0.29, 0.717) is 16.1 Å². The van der Waals surface area contributed by atoms with Gasteiger partial charge in [-0.2, -0.15) is 9.97 Å². The molecule has 0 atom stereocenters. The number of ether oxygens (including phenoxy) is 2. The predicted octanol–water partition coefficient (Wildman–Crippen LogP) is 1.89. The van der Waals surface area contributed by atoms with E-state index in [4.69, 9.17) is 9.47 Å². The molecule has 0 aliphatic carbocycles. The quantitative estimate of drug-likeness (QED) is 0.760. The first kappa shape index (κ1) is 13.8. The smallest absolute Gasteiger partial charge is 0.323 e. The molecular weight excluding hydrogens is 312 g/mol. The van der Waals surface area contributed by atoms with Crippen LogP contribution in [0, 0.1) is 0 Å². The molecule has 0 aromatic carbocycles. The lowest BCUT2D eigenvalue weighted by Gasteiger charge is -2.02. The fourth-order valence-electron chi connectivity index (χ4n) is 1.45. The van der Waals surface area contributed by atoms with E-state index in [1.807, 2.05) is 17.5 Å². The zero-order valence-electron chi connectivity index (χ0n) is 11.1. The van der Waals surface area contributed by atoms with Gasteiger partial charge < -0.3 is 9.47 Å². The van der Waals surface area contributed by atoms with Gasteiger partial charge in [-0.1, -0.05) is 6.07 Å². The molecule has 21 heavy (non-hydrogen) atoms. The lowest BCUT2D eigenvalue weighted by atomic mass is 10.4. The average Bonchev–Trinajstić information content (AvgIpc) is 3.17. The number of H-pyrrole nitrogens is 1. The summed E-state index contributed by atoms with van der Waals surface area (Å²) in [5, 5.41) is 9.90. The SMILES string of the molecule is COc1nc(OC)nc(Sc2n[nH]c(-c3cccs3)n2)n1. The van der Waals surface area contributed by atoms with Crippen LogP contribution in [-0.2, 0) is 0 Å². The highest BCUT2D eigenvalue weighted by Crippen LogP contribution is 2.27. The van der Waals surface area contributed by atoms with Crippen LogP contribution in [0.2, 0.25) is 0 Å². The van der Waals surface area contributed by atoms with E-state index in [1.165, 1.54) is 26.0 Å². The van der Waals surface area contributed by atoms with Gasteiger partial charge in [0.15, 0.2) is 5.82 Å². The molecule has 1 N–H and O–H groups in total. The van der Waals surface area contributed by atoms with Gasteiger partial charge in [-0.15, -0.1) is 21.4 Å². The maximum Gasteiger partial charge on any atom is 0.323 e. The second-order valence-electron chi connectivity index (χ2n) is 3.64. The zero-order chi connectivity index (χ0) is 14.7. The van der Waals surface area contributed by atoms with Crippen molar-refractivity contribution in [3.8, 4) is 22.7 Å². The zero-order valence-corrected chi connectivity index (χ0v) is 12.7. The van der Waals surface area contributed by atoms with E-state index in [9.17, 15) is 0 Å². The van der Waals surface area contributed by atoms with Gasteiger partial charge in [0.1, 0.15) is 0 Å². The Morgan fingerprint density at radius 3 is 2.43 bits per heavy atom. The Kier molecular flexibility index (Phi) is 3.97. The Bertz CT molecular complexity index is 708. The van der Waals surface area contributed by atoms with Crippen LogP contribution in [0.4, 0.5) is 0 Å². The first-order valence-corrected chi connectivity index (χ1v) is 7.46. The summed E-state index contributed by atoms with van der Waals surface area (Å²) in [6.07, 6.45) is 0. The van der Waals surface area contributed by atoms with Gasteiger partial charge in [-0.25, -0.2) is 4.98 Å². The minimum absolute atomic E-state index is 0.179. The van der Waals surface area contributed by atoms with Gasteiger partial charge in [0.05, 0.1) is 19.1 Å². The molecule has 8 nitrogen and oxygen atoms in total. The van der Waals surface area contributed by atoms with E-state index in [0.717, 1.165) is 4.88 Å². The molecule has 3 heterocycles. The monoisotopic (exact) mass is 322 g/mol. The second-order valence-corrected chi connectivity index (χ2v) is 5.52. The minimum Gasteiger partial charge on any atom is -0.467 e. The van der Waals surface area contributed by atoms with Crippen LogP contribution in [-0.4, -0.2) is 44.4 Å². The molecule has 0 bridgehead atoms. The van der Waals surface area contributed by atoms with Crippen molar-refractivity contribution in [3.63, 3.8) is 0 Å². The minimum atomic E-state index is 0.179. The van der Waals surface area contributed by atoms with E-state index < -0.39 is 0 Å². The predicted molar refractivity (Wildman–Crippen MR) is 76.7 cm³/mol. The van der Waals surface area contributed by atoms with Crippen molar-refractivity contribution in [2.75, 3.05) is 14.2 Å². The molecule has 0 unspecified atom stereocenters. The van der Waals surface area contributed by atoms with Crippen LogP contribution in [0.1, 0.15) is 0 Å². The Balaban J connectivity index is 1.83. The molecule has 0 aliphatic rings. The summed E-state index contributed by atoms with van der Waals surface area (Å²) in [6.45, 7) is 0. The summed E-state index contributed by atoms with van der Waals surface area (Å²) in [5.74, 6) is 0.709. The van der Waals surface area contributed by atoms with Crippen molar-refractivity contribution in [1.29, 1.82) is 0 Å². The summed E-state index contributed by atoms with van der Waals surface area (Å²) in [4.78, 5) is 17.6. The van der Waals surface area contributed by atoms with Crippen molar-refractivity contribution in [1.82, 2.24) is 30.1 Å². The van der Waals surface area contributed by atoms with Crippen molar-refractivity contribution in [3.05, 3.63) is 17.5 Å². The topological polar surface area (TPSA) is 98.7 Å². The van der Waals surface area contributed by atoms with Crippen LogP contribution >= 0.6 is 23.1 Å². The summed E-state index contributed by atoms with van der Waals surface area (Å²) >= 11 is 2.78. The third-order valence-corrected chi connectivity index (χ3v) is 3.95. The van der Waals surface area contributed by atoms with Gasteiger partial charge in [0.2, 0.25) is 10.3 Å². The van der Waals surface area contributed by atoms with Gasteiger partial charge in [0.25, 0.3) is 0 Å². The lowest BCUT2D eigenvalue weighted by Crippen LogP contribution is -2.00. The number of hydrogen-bond acceptors (Lipinski definition) is 9. The molecule has 0 fully saturated rings. The molecule has 3 aromatic heterocycles. The van der Waals surface area contributed by atoms with Gasteiger partial charge >= 0.3 is 12.0 Å². The Labute approximate surface area is 128 Å². The number of hydrogen-bond donors (Lipinski definition) is 1. The summed E-state index contributed by atoms with van der Waals surface area (Å²) in [7, 11) is 2.95. The number of aromatic amines is 1. The van der Waals surface area contributed by atoms with Crippen molar-refractivity contribution in [2.24, 2.45) is 0 Å². The number of methoxy groups -OCH3 is 2.